The number of nitrogens with one attached hydrogen (secondary N) is 1. The highest BCUT2D eigenvalue weighted by Crippen LogP contribution is 2.10. The van der Waals surface area contributed by atoms with Gasteiger partial charge in [-0.05, 0) is 31.0 Å². The normalized spacial score (nSPS) is 10.6. The first kappa shape index (κ1) is 17.2. The molecule has 0 saturated heterocycles. The molecule has 0 heterocycles. The summed E-state index contributed by atoms with van der Waals surface area (Å²) in [6.45, 7) is 1.77. The second-order valence-electron chi connectivity index (χ2n) is 4.47. The van der Waals surface area contributed by atoms with E-state index in [1.54, 1.807) is 25.1 Å². The molecule has 21 heavy (non-hydrogen) atoms. The standard InChI is InChI=1S/C14H18N2O4S/c1-11-5-6-12(4-2-8-17)10-13(11)14(18)16-7-3-9-21(15,19)20/h5-6,10,17H,3,7-9H2,1H3,(H,16,18)(H2,15,19,20). The lowest BCUT2D eigenvalue weighted by atomic mass is 10.0. The molecule has 0 radical (unpaired) electrons. The summed E-state index contributed by atoms with van der Waals surface area (Å²) in [5.74, 6) is 4.77. The van der Waals surface area contributed by atoms with E-state index in [2.05, 4.69) is 17.2 Å². The number of aryl methyl sites for hydroxylation is 1. The number of hydrogen-bond donors (Lipinski definition) is 3. The summed E-state index contributed by atoms with van der Waals surface area (Å²) in [4.78, 5) is 12.0. The van der Waals surface area contributed by atoms with Crippen LogP contribution in [0, 0.1) is 18.8 Å². The lowest BCUT2D eigenvalue weighted by Gasteiger charge is -2.08. The third-order valence-electron chi connectivity index (χ3n) is 2.69. The fourth-order valence-corrected chi connectivity index (χ4v) is 2.20. The van der Waals surface area contributed by atoms with Crippen molar-refractivity contribution >= 4 is 15.9 Å². The van der Waals surface area contributed by atoms with Crippen molar-refractivity contribution in [1.29, 1.82) is 0 Å². The molecule has 0 spiro atoms. The number of nitrogens with two attached hydrogens (primary N) is 1. The second-order valence-corrected chi connectivity index (χ2v) is 6.20. The van der Waals surface area contributed by atoms with Crippen LogP contribution in [-0.4, -0.2) is 38.3 Å². The zero-order valence-electron chi connectivity index (χ0n) is 11.7. The summed E-state index contributed by atoms with van der Waals surface area (Å²) in [6.07, 6.45) is 0.258. The van der Waals surface area contributed by atoms with Gasteiger partial charge in [0.2, 0.25) is 10.0 Å². The molecule has 0 atom stereocenters. The third-order valence-corrected chi connectivity index (χ3v) is 3.54. The van der Waals surface area contributed by atoms with Crippen LogP contribution in [0.5, 0.6) is 0 Å². The Morgan fingerprint density at radius 1 is 1.43 bits per heavy atom. The van der Waals surface area contributed by atoms with Crippen LogP contribution in [0.3, 0.4) is 0 Å². The molecule has 114 valence electrons. The van der Waals surface area contributed by atoms with E-state index in [9.17, 15) is 13.2 Å². The van der Waals surface area contributed by atoms with E-state index < -0.39 is 10.0 Å². The molecular formula is C14H18N2O4S. The van der Waals surface area contributed by atoms with E-state index >= 15 is 0 Å². The van der Waals surface area contributed by atoms with Crippen LogP contribution in [0.15, 0.2) is 18.2 Å². The smallest absolute Gasteiger partial charge is 0.251 e. The average molecular weight is 310 g/mol. The fourth-order valence-electron chi connectivity index (χ4n) is 1.66. The molecular weight excluding hydrogens is 292 g/mol. The van der Waals surface area contributed by atoms with E-state index in [0.717, 1.165) is 5.56 Å². The highest BCUT2D eigenvalue weighted by atomic mass is 32.2. The first-order valence-electron chi connectivity index (χ1n) is 6.32. The SMILES string of the molecule is Cc1ccc(C#CCO)cc1C(=O)NCCCS(N)(=O)=O. The molecule has 0 aliphatic heterocycles. The maximum atomic E-state index is 12.0. The van der Waals surface area contributed by atoms with E-state index in [-0.39, 0.29) is 31.2 Å². The Balaban J connectivity index is 2.69. The molecule has 0 aromatic heterocycles. The number of sulfonamides is 1. The van der Waals surface area contributed by atoms with Gasteiger partial charge in [0.05, 0.1) is 5.75 Å². The number of aliphatic hydroxyl groups is 1. The molecule has 1 rings (SSSR count). The van der Waals surface area contributed by atoms with E-state index in [1.807, 2.05) is 0 Å². The van der Waals surface area contributed by atoms with Gasteiger partial charge >= 0.3 is 0 Å². The Bertz CT molecular complexity index is 672. The topological polar surface area (TPSA) is 109 Å². The number of benzene rings is 1. The van der Waals surface area contributed by atoms with Gasteiger partial charge in [0.15, 0.2) is 0 Å². The first-order chi connectivity index (χ1) is 9.83. The molecule has 1 amide bonds. The minimum Gasteiger partial charge on any atom is -0.384 e. The molecule has 0 fully saturated rings. The maximum absolute atomic E-state index is 12.0. The van der Waals surface area contributed by atoms with Crippen LogP contribution >= 0.6 is 0 Å². The van der Waals surface area contributed by atoms with E-state index in [4.69, 9.17) is 10.2 Å². The van der Waals surface area contributed by atoms with E-state index in [1.165, 1.54) is 0 Å². The van der Waals surface area contributed by atoms with Crippen molar-refractivity contribution in [3.8, 4) is 11.8 Å². The Morgan fingerprint density at radius 3 is 2.76 bits per heavy atom. The minimum absolute atomic E-state index is 0.172. The van der Waals surface area contributed by atoms with Gasteiger partial charge < -0.3 is 10.4 Å². The molecule has 0 saturated carbocycles. The molecule has 7 heteroatoms. The molecule has 0 aliphatic rings. The molecule has 1 aromatic carbocycles. The van der Waals surface area contributed by atoms with Gasteiger partial charge in [-0.3, -0.25) is 4.79 Å². The molecule has 6 nitrogen and oxygen atoms in total. The van der Waals surface area contributed by atoms with Crippen LogP contribution < -0.4 is 10.5 Å². The van der Waals surface area contributed by atoms with Crippen LogP contribution in [0.1, 0.15) is 27.9 Å². The van der Waals surface area contributed by atoms with Gasteiger partial charge in [-0.15, -0.1) is 0 Å². The van der Waals surface area contributed by atoms with Crippen LogP contribution in [0.4, 0.5) is 0 Å². The number of amides is 1. The molecule has 0 aliphatic carbocycles. The average Bonchev–Trinajstić information content (AvgIpc) is 2.41. The second kappa shape index (κ2) is 7.78. The lowest BCUT2D eigenvalue weighted by Crippen LogP contribution is -2.27. The number of carbonyl (C=O) groups excluding carboxylic acids is 1. The highest BCUT2D eigenvalue weighted by molar-refractivity contribution is 7.89. The van der Waals surface area contributed by atoms with Gasteiger partial charge in [0, 0.05) is 17.7 Å². The number of rotatable bonds is 5. The van der Waals surface area contributed by atoms with Gasteiger partial charge in [0.1, 0.15) is 6.61 Å². The Morgan fingerprint density at radius 2 is 2.14 bits per heavy atom. The van der Waals surface area contributed by atoms with Crippen molar-refractivity contribution in [1.82, 2.24) is 5.32 Å². The Kier molecular flexibility index (Phi) is 6.37. The number of hydrogen-bond acceptors (Lipinski definition) is 4. The van der Waals surface area contributed by atoms with Crippen LogP contribution in [0.2, 0.25) is 0 Å². The largest absolute Gasteiger partial charge is 0.384 e. The summed E-state index contributed by atoms with van der Waals surface area (Å²) >= 11 is 0. The zero-order valence-corrected chi connectivity index (χ0v) is 12.5. The predicted molar refractivity (Wildman–Crippen MR) is 80.1 cm³/mol. The van der Waals surface area contributed by atoms with Gasteiger partial charge in [-0.2, -0.15) is 0 Å². The van der Waals surface area contributed by atoms with Gasteiger partial charge in [-0.25, -0.2) is 13.6 Å². The first-order valence-corrected chi connectivity index (χ1v) is 8.04. The fraction of sp³-hybridized carbons (Fsp3) is 0.357. The number of aliphatic hydroxyl groups excluding tert-OH is 1. The molecule has 4 N–H and O–H groups in total. The van der Waals surface area contributed by atoms with Gasteiger partial charge in [0.25, 0.3) is 5.91 Å². The van der Waals surface area contributed by atoms with Crippen LogP contribution in [-0.2, 0) is 10.0 Å². The third kappa shape index (κ3) is 6.40. The summed E-state index contributed by atoms with van der Waals surface area (Å²) < 4.78 is 21.5. The van der Waals surface area contributed by atoms with E-state index in [0.29, 0.717) is 11.1 Å². The van der Waals surface area contributed by atoms with Crippen molar-refractivity contribution in [2.75, 3.05) is 18.9 Å². The van der Waals surface area contributed by atoms with Crippen molar-refractivity contribution < 1.29 is 18.3 Å². The molecule has 1 aromatic rings. The summed E-state index contributed by atoms with van der Waals surface area (Å²) in [5.41, 5.74) is 1.88. The highest BCUT2D eigenvalue weighted by Gasteiger charge is 2.09. The van der Waals surface area contributed by atoms with Gasteiger partial charge in [-0.1, -0.05) is 17.9 Å². The zero-order chi connectivity index (χ0) is 15.9. The maximum Gasteiger partial charge on any atom is 0.251 e. The summed E-state index contributed by atoms with van der Waals surface area (Å²) in [7, 11) is -3.51. The summed E-state index contributed by atoms with van der Waals surface area (Å²) in [6, 6.07) is 5.16. The van der Waals surface area contributed by atoms with Crippen LogP contribution in [0.25, 0.3) is 0 Å². The molecule has 0 unspecified atom stereocenters. The summed E-state index contributed by atoms with van der Waals surface area (Å²) in [5, 5.41) is 16.2. The van der Waals surface area contributed by atoms with Crippen molar-refractivity contribution in [2.45, 2.75) is 13.3 Å². The van der Waals surface area contributed by atoms with Crippen molar-refractivity contribution in [3.05, 3.63) is 34.9 Å². The van der Waals surface area contributed by atoms with Crippen molar-refractivity contribution in [2.24, 2.45) is 5.14 Å². The lowest BCUT2D eigenvalue weighted by molar-refractivity contribution is 0.0953. The van der Waals surface area contributed by atoms with Crippen molar-refractivity contribution in [3.63, 3.8) is 0 Å². The molecule has 0 bridgehead atoms. The minimum atomic E-state index is -3.51. The number of primary sulfonamides is 1. The predicted octanol–water partition coefficient (Wildman–Crippen LogP) is -0.253. The number of carbonyl (C=O) groups is 1. The monoisotopic (exact) mass is 310 g/mol. The Labute approximate surface area is 124 Å². The quantitative estimate of drug-likeness (QED) is 0.514. The Hall–Kier alpha value is -1.88.